The quantitative estimate of drug-likeness (QED) is 0.618. The second-order valence-corrected chi connectivity index (χ2v) is 6.42. The van der Waals surface area contributed by atoms with Crippen molar-refractivity contribution >= 4 is 0 Å². The molecule has 0 amide bonds. The first-order valence-electron chi connectivity index (χ1n) is 8.68. The molecule has 1 N–H and O–H groups in total. The summed E-state index contributed by atoms with van der Waals surface area (Å²) in [6.07, 6.45) is 0.803. The molecule has 26 heavy (non-hydrogen) atoms. The van der Waals surface area contributed by atoms with Crippen molar-refractivity contribution in [1.29, 1.82) is 0 Å². The Morgan fingerprint density at radius 3 is 2.38 bits per heavy atom. The number of aromatic hydroxyl groups is 1. The van der Waals surface area contributed by atoms with Crippen molar-refractivity contribution in [2.45, 2.75) is 20.3 Å². The zero-order chi connectivity index (χ0) is 18.5. The van der Waals surface area contributed by atoms with Crippen LogP contribution in [0, 0.1) is 13.8 Å². The first-order valence-corrected chi connectivity index (χ1v) is 8.68. The summed E-state index contributed by atoms with van der Waals surface area (Å²) in [5, 5.41) is 9.87. The van der Waals surface area contributed by atoms with E-state index in [0.717, 1.165) is 34.4 Å². The smallest absolute Gasteiger partial charge is 0.188 e. The minimum atomic E-state index is 0.218. The molecule has 3 heteroatoms. The molecule has 0 aromatic heterocycles. The highest BCUT2D eigenvalue weighted by Gasteiger charge is 2.11. The van der Waals surface area contributed by atoms with Gasteiger partial charge in [-0.3, -0.25) is 0 Å². The molecular formula is C23H24O3. The minimum absolute atomic E-state index is 0.218. The second kappa shape index (κ2) is 8.07. The average Bonchev–Trinajstić information content (AvgIpc) is 2.68. The lowest BCUT2D eigenvalue weighted by Crippen LogP contribution is -2.01. The molecule has 3 rings (SSSR count). The van der Waals surface area contributed by atoms with Gasteiger partial charge in [-0.1, -0.05) is 42.5 Å². The molecule has 0 saturated heterocycles. The molecule has 3 nitrogen and oxygen atoms in total. The normalized spacial score (nSPS) is 10.7. The highest BCUT2D eigenvalue weighted by Crippen LogP contribution is 2.32. The lowest BCUT2D eigenvalue weighted by Gasteiger charge is -2.15. The molecule has 0 aliphatic rings. The molecular weight excluding hydrogens is 324 g/mol. The van der Waals surface area contributed by atoms with E-state index in [2.05, 4.69) is 31.2 Å². The van der Waals surface area contributed by atoms with Crippen molar-refractivity contribution in [1.82, 2.24) is 0 Å². The summed E-state index contributed by atoms with van der Waals surface area (Å²) >= 11 is 0. The van der Waals surface area contributed by atoms with Crippen LogP contribution in [-0.4, -0.2) is 19.0 Å². The van der Waals surface area contributed by atoms with Crippen LogP contribution in [0.2, 0.25) is 0 Å². The van der Waals surface area contributed by atoms with E-state index in [1.165, 1.54) is 11.1 Å². The molecule has 0 spiro atoms. The SMILES string of the molecule is COCOc1ccc(Cc2ccc(O)c(C)c2C)cc1-c1ccccc1. The molecule has 134 valence electrons. The molecule has 0 saturated carbocycles. The predicted octanol–water partition coefficient (Wildman–Crippen LogP) is 5.25. The van der Waals surface area contributed by atoms with Crippen LogP contribution >= 0.6 is 0 Å². The monoisotopic (exact) mass is 348 g/mol. The minimum Gasteiger partial charge on any atom is -0.508 e. The Kier molecular flexibility index (Phi) is 5.59. The topological polar surface area (TPSA) is 38.7 Å². The van der Waals surface area contributed by atoms with Gasteiger partial charge in [0.25, 0.3) is 0 Å². The molecule has 0 aliphatic carbocycles. The third-order valence-electron chi connectivity index (χ3n) is 4.73. The van der Waals surface area contributed by atoms with Crippen LogP contribution in [0.3, 0.4) is 0 Å². The molecule has 3 aromatic rings. The highest BCUT2D eigenvalue weighted by atomic mass is 16.7. The first kappa shape index (κ1) is 18.0. The Hall–Kier alpha value is -2.78. The van der Waals surface area contributed by atoms with Crippen molar-refractivity contribution < 1.29 is 14.6 Å². The standard InChI is InChI=1S/C23H24O3/c1-16-17(2)22(24)11-10-20(16)13-18-9-12-23(26-15-25-3)21(14-18)19-7-5-4-6-8-19/h4-12,14,24H,13,15H2,1-3H3. The Morgan fingerprint density at radius 1 is 0.885 bits per heavy atom. The molecule has 0 heterocycles. The average molecular weight is 348 g/mol. The molecule has 0 atom stereocenters. The number of phenols is 1. The Bertz CT molecular complexity index is 885. The van der Waals surface area contributed by atoms with E-state index in [0.29, 0.717) is 5.75 Å². The van der Waals surface area contributed by atoms with Gasteiger partial charge < -0.3 is 14.6 Å². The number of hydrogen-bond acceptors (Lipinski definition) is 3. The largest absolute Gasteiger partial charge is 0.508 e. The van der Waals surface area contributed by atoms with Crippen LogP contribution in [0.1, 0.15) is 22.3 Å². The van der Waals surface area contributed by atoms with Gasteiger partial charge in [0.2, 0.25) is 0 Å². The number of ether oxygens (including phenoxy) is 2. The number of methoxy groups -OCH3 is 1. The molecule has 0 fully saturated rings. The fourth-order valence-electron chi connectivity index (χ4n) is 3.05. The van der Waals surface area contributed by atoms with Crippen molar-refractivity contribution in [3.05, 3.63) is 82.9 Å². The first-order chi connectivity index (χ1) is 12.6. The van der Waals surface area contributed by atoms with Gasteiger partial charge in [-0.2, -0.15) is 0 Å². The number of rotatable bonds is 6. The summed E-state index contributed by atoms with van der Waals surface area (Å²) in [5.74, 6) is 1.15. The van der Waals surface area contributed by atoms with Gasteiger partial charge >= 0.3 is 0 Å². The third-order valence-corrected chi connectivity index (χ3v) is 4.73. The molecule has 0 unspecified atom stereocenters. The lowest BCUT2D eigenvalue weighted by atomic mass is 9.94. The van der Waals surface area contributed by atoms with Crippen molar-refractivity contribution in [3.8, 4) is 22.6 Å². The summed E-state index contributed by atoms with van der Waals surface area (Å²) in [5.41, 5.74) is 6.64. The van der Waals surface area contributed by atoms with E-state index in [1.807, 2.05) is 37.3 Å². The fraction of sp³-hybridized carbons (Fsp3) is 0.217. The van der Waals surface area contributed by atoms with Gasteiger partial charge in [0.05, 0.1) is 0 Å². The van der Waals surface area contributed by atoms with Crippen LogP contribution < -0.4 is 4.74 Å². The Labute approximate surface area is 154 Å². The second-order valence-electron chi connectivity index (χ2n) is 6.42. The predicted molar refractivity (Wildman–Crippen MR) is 105 cm³/mol. The van der Waals surface area contributed by atoms with Crippen LogP contribution in [0.15, 0.2) is 60.7 Å². The van der Waals surface area contributed by atoms with Crippen molar-refractivity contribution in [2.75, 3.05) is 13.9 Å². The molecule has 0 bridgehead atoms. The van der Waals surface area contributed by atoms with E-state index in [-0.39, 0.29) is 6.79 Å². The van der Waals surface area contributed by atoms with Gasteiger partial charge in [0, 0.05) is 12.7 Å². The Balaban J connectivity index is 1.98. The molecule has 3 aromatic carbocycles. The van der Waals surface area contributed by atoms with Gasteiger partial charge in [-0.15, -0.1) is 0 Å². The summed E-state index contributed by atoms with van der Waals surface area (Å²) < 4.78 is 10.8. The van der Waals surface area contributed by atoms with Crippen LogP contribution in [-0.2, 0) is 11.2 Å². The van der Waals surface area contributed by atoms with Crippen LogP contribution in [0.4, 0.5) is 0 Å². The van der Waals surface area contributed by atoms with E-state index in [1.54, 1.807) is 13.2 Å². The van der Waals surface area contributed by atoms with Crippen molar-refractivity contribution in [3.63, 3.8) is 0 Å². The maximum Gasteiger partial charge on any atom is 0.188 e. The van der Waals surface area contributed by atoms with Gasteiger partial charge in [-0.25, -0.2) is 0 Å². The van der Waals surface area contributed by atoms with E-state index >= 15 is 0 Å². The highest BCUT2D eigenvalue weighted by molar-refractivity contribution is 5.71. The van der Waals surface area contributed by atoms with Crippen LogP contribution in [0.25, 0.3) is 11.1 Å². The Morgan fingerprint density at radius 2 is 1.65 bits per heavy atom. The number of hydrogen-bond donors (Lipinski definition) is 1. The lowest BCUT2D eigenvalue weighted by molar-refractivity contribution is 0.0515. The summed E-state index contributed by atoms with van der Waals surface area (Å²) in [7, 11) is 1.62. The van der Waals surface area contributed by atoms with E-state index < -0.39 is 0 Å². The summed E-state index contributed by atoms with van der Waals surface area (Å²) in [6, 6.07) is 20.2. The maximum absolute atomic E-state index is 9.87. The number of benzene rings is 3. The maximum atomic E-state index is 9.87. The summed E-state index contributed by atoms with van der Waals surface area (Å²) in [4.78, 5) is 0. The van der Waals surface area contributed by atoms with Gasteiger partial charge in [-0.05, 0) is 66.3 Å². The number of phenolic OH excluding ortho intramolecular Hbond substituents is 1. The van der Waals surface area contributed by atoms with E-state index in [4.69, 9.17) is 9.47 Å². The van der Waals surface area contributed by atoms with Crippen LogP contribution in [0.5, 0.6) is 11.5 Å². The zero-order valence-corrected chi connectivity index (χ0v) is 15.5. The zero-order valence-electron chi connectivity index (χ0n) is 15.5. The fourth-order valence-corrected chi connectivity index (χ4v) is 3.05. The van der Waals surface area contributed by atoms with Gasteiger partial charge in [0.15, 0.2) is 6.79 Å². The van der Waals surface area contributed by atoms with Crippen molar-refractivity contribution in [2.24, 2.45) is 0 Å². The third kappa shape index (κ3) is 3.89. The summed E-state index contributed by atoms with van der Waals surface area (Å²) in [6.45, 7) is 4.22. The van der Waals surface area contributed by atoms with E-state index in [9.17, 15) is 5.11 Å². The molecule has 0 aliphatic heterocycles. The van der Waals surface area contributed by atoms with Gasteiger partial charge in [0.1, 0.15) is 11.5 Å². The molecule has 0 radical (unpaired) electrons.